The molecule has 0 atom stereocenters. The number of aromatic nitrogens is 2. The second kappa shape index (κ2) is 1.55. The van der Waals surface area contributed by atoms with Gasteiger partial charge in [-0.15, -0.1) is 0 Å². The van der Waals surface area contributed by atoms with Crippen LogP contribution in [0, 0.1) is 0 Å². The lowest BCUT2D eigenvalue weighted by atomic mass is 10.4. The third kappa shape index (κ3) is 0.579. The molecule has 2 aromatic heterocycles. The molecule has 3 nitrogen and oxygen atoms in total. The van der Waals surface area contributed by atoms with Crippen molar-refractivity contribution in [3.63, 3.8) is 0 Å². The van der Waals surface area contributed by atoms with Crippen LogP contribution in [0.5, 0.6) is 0 Å². The second-order valence-electron chi connectivity index (χ2n) is 1.74. The first kappa shape index (κ1) is 4.49. The molecule has 0 fully saturated rings. The summed E-state index contributed by atoms with van der Waals surface area (Å²) >= 11 is 0. The van der Waals surface area contributed by atoms with E-state index in [4.69, 9.17) is 4.52 Å². The van der Waals surface area contributed by atoms with E-state index < -0.39 is 0 Å². The Kier molecular flexibility index (Phi) is 0.773. The molecule has 44 valence electrons. The maximum absolute atomic E-state index is 4.81. The molecule has 0 amide bonds. The molecule has 0 aliphatic carbocycles. The maximum Gasteiger partial charge on any atom is 0.185 e. The minimum Gasteiger partial charge on any atom is -0.355 e. The van der Waals surface area contributed by atoms with E-state index in [1.165, 1.54) is 0 Å². The lowest BCUT2D eigenvalue weighted by molar-refractivity contribution is 0.455. The van der Waals surface area contributed by atoms with Crippen molar-refractivity contribution in [2.45, 2.75) is 0 Å². The first-order valence-electron chi connectivity index (χ1n) is 2.61. The van der Waals surface area contributed by atoms with Gasteiger partial charge in [0.05, 0.1) is 12.4 Å². The first-order chi connectivity index (χ1) is 4.47. The van der Waals surface area contributed by atoms with Crippen LogP contribution in [0.1, 0.15) is 0 Å². The summed E-state index contributed by atoms with van der Waals surface area (Å²) in [5, 5.41) is 4.58. The Morgan fingerprint density at radius 3 is 3.22 bits per heavy atom. The van der Waals surface area contributed by atoms with Crippen molar-refractivity contribution in [1.29, 1.82) is 0 Å². The molecule has 2 rings (SSSR count). The Bertz CT molecular complexity index is 285. The summed E-state index contributed by atoms with van der Waals surface area (Å²) in [6.45, 7) is 0. The number of pyridine rings is 1. The minimum atomic E-state index is 0.734. The molecule has 0 aromatic carbocycles. The quantitative estimate of drug-likeness (QED) is 0.524. The van der Waals surface area contributed by atoms with Crippen LogP contribution < -0.4 is 0 Å². The number of fused-ring (bicyclic) bond motifs is 1. The molecule has 0 N–H and O–H groups in total. The number of hydrogen-bond donors (Lipinski definition) is 0. The van der Waals surface area contributed by atoms with E-state index >= 15 is 0 Å². The van der Waals surface area contributed by atoms with Crippen molar-refractivity contribution in [2.75, 3.05) is 0 Å². The summed E-state index contributed by atoms with van der Waals surface area (Å²) in [4.78, 5) is 3.85. The summed E-state index contributed by atoms with van der Waals surface area (Å²) in [6.07, 6.45) is 5.01. The fourth-order valence-corrected chi connectivity index (χ4v) is 0.714. The van der Waals surface area contributed by atoms with Crippen molar-refractivity contribution in [3.8, 4) is 0 Å². The predicted molar refractivity (Wildman–Crippen MR) is 31.8 cm³/mol. The molecule has 0 bridgehead atoms. The highest BCUT2D eigenvalue weighted by atomic mass is 16.5. The van der Waals surface area contributed by atoms with Crippen LogP contribution in [-0.4, -0.2) is 10.1 Å². The minimum absolute atomic E-state index is 0.734. The summed E-state index contributed by atoms with van der Waals surface area (Å²) in [7, 11) is 0. The zero-order valence-electron chi connectivity index (χ0n) is 4.61. The highest BCUT2D eigenvalue weighted by Gasteiger charge is 1.92. The molecule has 0 unspecified atom stereocenters. The molecule has 0 saturated carbocycles. The van der Waals surface area contributed by atoms with E-state index in [-0.39, 0.29) is 0 Å². The van der Waals surface area contributed by atoms with E-state index in [1.54, 1.807) is 18.6 Å². The average Bonchev–Trinajstić information content (AvgIpc) is 2.33. The lowest BCUT2D eigenvalue weighted by Crippen LogP contribution is -1.65. The molecule has 0 saturated heterocycles. The van der Waals surface area contributed by atoms with Gasteiger partial charge < -0.3 is 4.52 Å². The Morgan fingerprint density at radius 1 is 1.33 bits per heavy atom. The zero-order valence-corrected chi connectivity index (χ0v) is 4.61. The molecule has 0 aliphatic rings. The third-order valence-electron chi connectivity index (χ3n) is 1.16. The van der Waals surface area contributed by atoms with Crippen molar-refractivity contribution in [2.24, 2.45) is 0 Å². The predicted octanol–water partition coefficient (Wildman–Crippen LogP) is 1.22. The van der Waals surface area contributed by atoms with Gasteiger partial charge in [0.1, 0.15) is 0 Å². The largest absolute Gasteiger partial charge is 0.355 e. The van der Waals surface area contributed by atoms with Crippen LogP contribution in [0.4, 0.5) is 0 Å². The summed E-state index contributed by atoms with van der Waals surface area (Å²) in [5.74, 6) is 0. The second-order valence-corrected chi connectivity index (χ2v) is 1.74. The maximum atomic E-state index is 4.81. The SMILES string of the molecule is c1cc2cnoc2cn1. The van der Waals surface area contributed by atoms with E-state index in [2.05, 4.69) is 10.1 Å². The molecule has 9 heavy (non-hydrogen) atoms. The Balaban J connectivity index is 2.95. The van der Waals surface area contributed by atoms with Gasteiger partial charge in [0.2, 0.25) is 0 Å². The van der Waals surface area contributed by atoms with Gasteiger partial charge in [-0.25, -0.2) is 0 Å². The number of nitrogens with zero attached hydrogens (tertiary/aromatic N) is 2. The summed E-state index contributed by atoms with van der Waals surface area (Å²) in [6, 6.07) is 1.85. The fourth-order valence-electron chi connectivity index (χ4n) is 0.714. The first-order valence-corrected chi connectivity index (χ1v) is 2.61. The average molecular weight is 120 g/mol. The Hall–Kier alpha value is -1.38. The van der Waals surface area contributed by atoms with Crippen LogP contribution in [-0.2, 0) is 0 Å². The van der Waals surface area contributed by atoms with Crippen LogP contribution in [0.15, 0.2) is 29.2 Å². The molecular formula is C6H4N2O. The zero-order chi connectivity index (χ0) is 6.10. The van der Waals surface area contributed by atoms with E-state index in [0.717, 1.165) is 11.0 Å². The van der Waals surface area contributed by atoms with Gasteiger partial charge in [0.25, 0.3) is 0 Å². The van der Waals surface area contributed by atoms with Gasteiger partial charge >= 0.3 is 0 Å². The van der Waals surface area contributed by atoms with E-state index in [1.807, 2.05) is 6.07 Å². The molecule has 0 aliphatic heterocycles. The third-order valence-corrected chi connectivity index (χ3v) is 1.16. The van der Waals surface area contributed by atoms with Crippen LogP contribution in [0.25, 0.3) is 11.0 Å². The summed E-state index contributed by atoms with van der Waals surface area (Å²) in [5.41, 5.74) is 0.734. The van der Waals surface area contributed by atoms with Gasteiger partial charge in [-0.05, 0) is 6.07 Å². The van der Waals surface area contributed by atoms with Crippen molar-refractivity contribution in [3.05, 3.63) is 24.7 Å². The molecule has 0 radical (unpaired) electrons. The van der Waals surface area contributed by atoms with Gasteiger partial charge in [0, 0.05) is 11.6 Å². The van der Waals surface area contributed by atoms with Gasteiger partial charge in [-0.2, -0.15) is 0 Å². The summed E-state index contributed by atoms with van der Waals surface area (Å²) < 4.78 is 4.81. The molecule has 2 heterocycles. The number of hydrogen-bond acceptors (Lipinski definition) is 3. The van der Waals surface area contributed by atoms with Crippen molar-refractivity contribution >= 4 is 11.0 Å². The van der Waals surface area contributed by atoms with Gasteiger partial charge in [0.15, 0.2) is 5.58 Å². The van der Waals surface area contributed by atoms with Crippen LogP contribution >= 0.6 is 0 Å². The highest BCUT2D eigenvalue weighted by Crippen LogP contribution is 2.08. The van der Waals surface area contributed by atoms with E-state index in [0.29, 0.717) is 0 Å². The fraction of sp³-hybridized carbons (Fsp3) is 0. The molecule has 3 heteroatoms. The Labute approximate surface area is 51.3 Å². The number of rotatable bonds is 0. The standard InChI is InChI=1S/C6H4N2O/c1-2-7-4-6-5(1)3-8-9-6/h1-4H. The lowest BCUT2D eigenvalue weighted by Gasteiger charge is -1.78. The van der Waals surface area contributed by atoms with Gasteiger partial charge in [-0.1, -0.05) is 5.16 Å². The topological polar surface area (TPSA) is 38.9 Å². The highest BCUT2D eigenvalue weighted by molar-refractivity contribution is 5.73. The van der Waals surface area contributed by atoms with Gasteiger partial charge in [-0.3, -0.25) is 4.98 Å². The monoisotopic (exact) mass is 120 g/mol. The van der Waals surface area contributed by atoms with Crippen LogP contribution in [0.3, 0.4) is 0 Å². The van der Waals surface area contributed by atoms with Crippen molar-refractivity contribution in [1.82, 2.24) is 10.1 Å². The van der Waals surface area contributed by atoms with E-state index in [9.17, 15) is 0 Å². The smallest absolute Gasteiger partial charge is 0.185 e. The van der Waals surface area contributed by atoms with Crippen LogP contribution in [0.2, 0.25) is 0 Å². The molecule has 2 aromatic rings. The molecule has 0 spiro atoms. The molecular weight excluding hydrogens is 116 g/mol. The Morgan fingerprint density at radius 2 is 2.33 bits per heavy atom. The normalized spacial score (nSPS) is 10.2. The van der Waals surface area contributed by atoms with Crippen molar-refractivity contribution < 1.29 is 4.52 Å².